The molecule has 0 unspecified atom stereocenters. The average molecular weight is 918 g/mol. The Morgan fingerprint density at radius 2 is 1.38 bits per heavy atom. The van der Waals surface area contributed by atoms with Crippen molar-refractivity contribution in [2.24, 2.45) is 16.8 Å². The van der Waals surface area contributed by atoms with E-state index in [-0.39, 0.29) is 6.04 Å². The topological polar surface area (TPSA) is 93.3 Å². The molecule has 1 aliphatic carbocycles. The van der Waals surface area contributed by atoms with Crippen molar-refractivity contribution in [2.45, 2.75) is 53.0 Å². The molecular formula is C54H57ClN8O2S. The summed E-state index contributed by atoms with van der Waals surface area (Å²) in [6, 6.07) is 31.7. The number of halogens is 1. The van der Waals surface area contributed by atoms with E-state index in [1.807, 2.05) is 48.6 Å². The molecule has 3 fully saturated rings. The third-order valence-corrected chi connectivity index (χ3v) is 16.3. The Bertz CT molecular complexity index is 2880. The third kappa shape index (κ3) is 7.97. The molecule has 66 heavy (non-hydrogen) atoms. The highest BCUT2D eigenvalue weighted by Crippen LogP contribution is 2.43. The molecule has 0 radical (unpaired) electrons. The molecule has 2 aromatic heterocycles. The van der Waals surface area contributed by atoms with Gasteiger partial charge >= 0.3 is 5.97 Å². The first-order chi connectivity index (χ1) is 32.1. The molecule has 338 valence electrons. The Balaban J connectivity index is 0.666. The molecule has 1 atom stereocenters. The van der Waals surface area contributed by atoms with Crippen LogP contribution in [0, 0.1) is 32.6 Å². The van der Waals surface area contributed by atoms with Crippen LogP contribution in [-0.2, 0) is 6.42 Å². The van der Waals surface area contributed by atoms with Gasteiger partial charge in [0, 0.05) is 110 Å². The highest BCUT2D eigenvalue weighted by atomic mass is 35.5. The number of aromatic carboxylic acids is 1. The lowest BCUT2D eigenvalue weighted by Gasteiger charge is -2.46. The number of aliphatic imine (C=N–C) groups is 1. The van der Waals surface area contributed by atoms with Gasteiger partial charge in [-0.3, -0.25) is 9.56 Å². The molecule has 0 bridgehead atoms. The Kier molecular flexibility index (Phi) is 11.4. The number of aryl methyl sites for hydroxylation is 3. The summed E-state index contributed by atoms with van der Waals surface area (Å²) < 4.78 is 2.21. The van der Waals surface area contributed by atoms with Crippen molar-refractivity contribution >= 4 is 57.1 Å². The fourth-order valence-electron chi connectivity index (χ4n) is 11.1. The van der Waals surface area contributed by atoms with Crippen LogP contribution >= 0.6 is 22.9 Å². The van der Waals surface area contributed by atoms with E-state index >= 15 is 0 Å². The fourth-order valence-corrected chi connectivity index (χ4v) is 12.5. The largest absolute Gasteiger partial charge is 0.478 e. The minimum atomic E-state index is -0.891. The van der Waals surface area contributed by atoms with Crippen LogP contribution < -0.4 is 9.80 Å². The first-order valence-electron chi connectivity index (χ1n) is 23.7. The monoisotopic (exact) mass is 916 g/mol. The second-order valence-electron chi connectivity index (χ2n) is 19.2. The number of hydrogen-bond donors (Lipinski definition) is 1. The zero-order chi connectivity index (χ0) is 45.2. The third-order valence-electron chi connectivity index (χ3n) is 14.8. The zero-order valence-electron chi connectivity index (χ0n) is 38.3. The van der Waals surface area contributed by atoms with Gasteiger partial charge in [0.15, 0.2) is 5.82 Å². The highest BCUT2D eigenvalue weighted by molar-refractivity contribution is 7.15. The number of hydrogen-bond acceptors (Lipinski definition) is 9. The molecule has 6 aromatic rings. The van der Waals surface area contributed by atoms with Crippen LogP contribution in [-0.4, -0.2) is 107 Å². The summed E-state index contributed by atoms with van der Waals surface area (Å²) in [5.41, 5.74) is 14.3. The lowest BCUT2D eigenvalue weighted by molar-refractivity contribution is 0.0696. The molecule has 11 rings (SSSR count). The van der Waals surface area contributed by atoms with Crippen molar-refractivity contribution in [3.8, 4) is 5.00 Å². The van der Waals surface area contributed by atoms with E-state index < -0.39 is 5.97 Å². The number of nitrogens with zero attached hydrogens (tertiary/aromatic N) is 8. The van der Waals surface area contributed by atoms with Crippen molar-refractivity contribution in [3.63, 3.8) is 0 Å². The Hall–Kier alpha value is -5.59. The number of rotatable bonds is 10. The van der Waals surface area contributed by atoms with Gasteiger partial charge in [0.25, 0.3) is 0 Å². The molecule has 0 saturated carbocycles. The number of carboxylic acid groups (broad SMARTS) is 1. The second-order valence-corrected chi connectivity index (χ2v) is 20.8. The molecule has 10 nitrogen and oxygen atoms in total. The number of piperazine rings is 1. The number of fused-ring (bicyclic) bond motifs is 4. The summed E-state index contributed by atoms with van der Waals surface area (Å²) >= 11 is 8.62. The maximum atomic E-state index is 11.9. The van der Waals surface area contributed by atoms with Crippen molar-refractivity contribution in [2.75, 3.05) is 75.2 Å². The maximum absolute atomic E-state index is 11.9. The van der Waals surface area contributed by atoms with E-state index in [4.69, 9.17) is 16.6 Å². The number of allylic oxidation sites excluding steroid dienone is 1. The summed E-state index contributed by atoms with van der Waals surface area (Å²) in [4.78, 5) is 28.8. The summed E-state index contributed by atoms with van der Waals surface area (Å²) in [7, 11) is 0. The minimum Gasteiger partial charge on any atom is -0.478 e. The summed E-state index contributed by atoms with van der Waals surface area (Å²) in [6.45, 7) is 19.9. The molecule has 1 N–H and O–H groups in total. The maximum Gasteiger partial charge on any atom is 0.335 e. The van der Waals surface area contributed by atoms with Gasteiger partial charge in [0.05, 0.1) is 11.3 Å². The van der Waals surface area contributed by atoms with Crippen LogP contribution in [0.4, 0.5) is 11.4 Å². The lowest BCUT2D eigenvalue weighted by Crippen LogP contribution is -2.57. The van der Waals surface area contributed by atoms with E-state index in [0.717, 1.165) is 134 Å². The van der Waals surface area contributed by atoms with Crippen LogP contribution in [0.2, 0.25) is 5.02 Å². The second kappa shape index (κ2) is 17.6. The van der Waals surface area contributed by atoms with Gasteiger partial charge in [-0.25, -0.2) is 4.79 Å². The van der Waals surface area contributed by atoms with Crippen molar-refractivity contribution in [3.05, 3.63) is 157 Å². The molecule has 4 aromatic carbocycles. The van der Waals surface area contributed by atoms with Gasteiger partial charge < -0.3 is 24.7 Å². The van der Waals surface area contributed by atoms with E-state index in [2.05, 4.69) is 110 Å². The predicted molar refractivity (Wildman–Crippen MR) is 268 cm³/mol. The number of aromatic nitrogens is 3. The van der Waals surface area contributed by atoms with Crippen LogP contribution in [0.1, 0.15) is 91.6 Å². The van der Waals surface area contributed by atoms with E-state index in [1.165, 1.54) is 44.5 Å². The van der Waals surface area contributed by atoms with Crippen molar-refractivity contribution in [1.82, 2.24) is 24.6 Å². The predicted octanol–water partition coefficient (Wildman–Crippen LogP) is 10.0. The number of carbonyl (C=O) groups is 1. The standard InChI is InChI=1S/C54H57ClN8O2S/c1-33-35(3)66-53-49(33)51(56-34(2)52-58-57-36(4)63(52)53)40-14-19-44(20-15-40)62-31-38(32-62)28-60-24-22-59(23-25-60)27-37-29-61(30-37)43-17-12-39(13-18-43)50-45-21-16-42(54(64)65)26-41(45)8-7-10-47(50)46-9-5-6-11-48(46)55/h5-6,9,11-21,26,34,37-38H,7-8,10,22-25,27-32H2,1-4H3,(H,64,65)/t34-/m0/s1. The highest BCUT2D eigenvalue weighted by Gasteiger charge is 2.34. The zero-order valence-corrected chi connectivity index (χ0v) is 39.9. The summed E-state index contributed by atoms with van der Waals surface area (Å²) in [6.07, 6.45) is 2.63. The van der Waals surface area contributed by atoms with Crippen molar-refractivity contribution in [1.29, 1.82) is 0 Å². The molecule has 3 saturated heterocycles. The van der Waals surface area contributed by atoms with E-state index in [9.17, 15) is 9.90 Å². The number of benzene rings is 4. The van der Waals surface area contributed by atoms with Crippen LogP contribution in [0.25, 0.3) is 16.1 Å². The molecule has 0 spiro atoms. The molecule has 6 heterocycles. The number of carboxylic acids is 1. The Labute approximate surface area is 396 Å². The quantitative estimate of drug-likeness (QED) is 0.145. The molecular weight excluding hydrogens is 860 g/mol. The molecule has 4 aliphatic heterocycles. The van der Waals surface area contributed by atoms with Gasteiger partial charge in [-0.15, -0.1) is 21.5 Å². The first-order valence-corrected chi connectivity index (χ1v) is 24.9. The number of anilines is 2. The lowest BCUT2D eigenvalue weighted by atomic mass is 9.87. The Morgan fingerprint density at radius 3 is 2.00 bits per heavy atom. The molecule has 0 amide bonds. The average Bonchev–Trinajstić information content (AvgIpc) is 3.70. The van der Waals surface area contributed by atoms with Crippen LogP contribution in [0.15, 0.2) is 96.0 Å². The van der Waals surface area contributed by atoms with Crippen LogP contribution in [0.3, 0.4) is 0 Å². The van der Waals surface area contributed by atoms with Crippen LogP contribution in [0.5, 0.6) is 0 Å². The summed E-state index contributed by atoms with van der Waals surface area (Å²) in [5, 5.41) is 20.6. The minimum absolute atomic E-state index is 0.0795. The SMILES string of the molecule is Cc1sc2c(c1C)C(c1ccc(N3CC(CN4CCN(CC5CN(c6ccc(C7=C(c8ccccc8Cl)CCCc8cc(C(=O)O)ccc87)cc6)C5)CC4)C3)cc1)=N[C@@H](C)c1nnc(C)n1-2. The number of thiophene rings is 1. The van der Waals surface area contributed by atoms with Gasteiger partial charge in [-0.1, -0.05) is 60.1 Å². The smallest absolute Gasteiger partial charge is 0.335 e. The van der Waals surface area contributed by atoms with E-state index in [0.29, 0.717) is 17.4 Å². The van der Waals surface area contributed by atoms with Gasteiger partial charge in [-0.05, 0) is 128 Å². The molecule has 12 heteroatoms. The van der Waals surface area contributed by atoms with Gasteiger partial charge in [0.2, 0.25) is 0 Å². The normalized spacial score (nSPS) is 19.3. The first kappa shape index (κ1) is 43.0. The van der Waals surface area contributed by atoms with Crippen molar-refractivity contribution < 1.29 is 9.90 Å². The van der Waals surface area contributed by atoms with Gasteiger partial charge in [0.1, 0.15) is 16.9 Å². The summed E-state index contributed by atoms with van der Waals surface area (Å²) in [5.74, 6) is 2.30. The molecule has 5 aliphatic rings. The van der Waals surface area contributed by atoms with Gasteiger partial charge in [-0.2, -0.15) is 0 Å². The fraction of sp³-hybridized carbons (Fsp3) is 0.370. The Morgan fingerprint density at radius 1 is 0.758 bits per heavy atom. The van der Waals surface area contributed by atoms with E-state index in [1.54, 1.807) is 6.07 Å².